The number of primary amides is 1. The second-order valence-corrected chi connectivity index (χ2v) is 7.71. The molecule has 17 heteroatoms. The van der Waals surface area contributed by atoms with Gasteiger partial charge < -0.3 is 54.1 Å². The molecule has 0 aliphatic rings. The third-order valence-electron chi connectivity index (χ3n) is 4.74. The van der Waals surface area contributed by atoms with E-state index < -0.39 is 66.8 Å². The number of nitrogens with two attached hydrogens (primary N) is 4. The van der Waals surface area contributed by atoms with Gasteiger partial charge in [-0.1, -0.05) is 0 Å². The van der Waals surface area contributed by atoms with Crippen LogP contribution in [0, 0.1) is 0 Å². The van der Waals surface area contributed by atoms with Crippen LogP contribution >= 0.6 is 0 Å². The van der Waals surface area contributed by atoms with E-state index in [4.69, 9.17) is 28.0 Å². The van der Waals surface area contributed by atoms with Gasteiger partial charge in [0.1, 0.15) is 24.2 Å². The highest BCUT2D eigenvalue weighted by Crippen LogP contribution is 2.05. The number of aliphatic imine (C=N–C) groups is 1. The SMILES string of the molecule is NC(=O)CC(NC(=O)C(N)CO)C(=O)NC(Cc1cnc[nH]1)C(=O)NC(CCCN=C(N)N)C(=O)O. The Morgan fingerprint density at radius 3 is 2.14 bits per heavy atom. The molecule has 4 unspecified atom stereocenters. The van der Waals surface area contributed by atoms with Gasteiger partial charge in [0.05, 0.1) is 19.4 Å². The Bertz CT molecular complexity index is 933. The molecular weight excluding hydrogens is 480 g/mol. The van der Waals surface area contributed by atoms with Crippen LogP contribution in [0.1, 0.15) is 25.0 Å². The summed E-state index contributed by atoms with van der Waals surface area (Å²) in [5.74, 6) is -5.17. The molecule has 36 heavy (non-hydrogen) atoms. The molecule has 0 saturated carbocycles. The van der Waals surface area contributed by atoms with Gasteiger partial charge in [0.2, 0.25) is 23.6 Å². The molecule has 0 saturated heterocycles. The highest BCUT2D eigenvalue weighted by atomic mass is 16.4. The summed E-state index contributed by atoms with van der Waals surface area (Å²) in [6.45, 7) is -0.581. The van der Waals surface area contributed by atoms with E-state index in [1.807, 2.05) is 0 Å². The van der Waals surface area contributed by atoms with Crippen LogP contribution in [0.2, 0.25) is 0 Å². The van der Waals surface area contributed by atoms with Crippen LogP contribution in [0.25, 0.3) is 0 Å². The summed E-state index contributed by atoms with van der Waals surface area (Å²) in [5.41, 5.74) is 21.5. The van der Waals surface area contributed by atoms with Crippen molar-refractivity contribution in [1.29, 1.82) is 0 Å². The molecule has 0 bridgehead atoms. The molecule has 1 aromatic rings. The molecule has 0 spiro atoms. The maximum atomic E-state index is 13.0. The van der Waals surface area contributed by atoms with Crippen LogP contribution in [0.3, 0.4) is 0 Å². The summed E-state index contributed by atoms with van der Waals surface area (Å²) in [6.07, 6.45) is 2.19. The fraction of sp³-hybridized carbons (Fsp3) is 0.526. The third kappa shape index (κ3) is 10.8. The molecule has 0 fully saturated rings. The standard InChI is InChI=1S/C19H32N10O7/c20-10(7-30)15(32)28-13(5-14(21)31)17(34)29-12(4-9-6-24-8-26-9)16(33)27-11(18(35)36)2-1-3-25-19(22)23/h6,8,10-13,30H,1-5,7,20H2,(H2,21,31)(H,24,26)(H,27,33)(H,28,32)(H,29,34)(H,35,36)(H4,22,23,25). The Hall–Kier alpha value is -4.25. The van der Waals surface area contributed by atoms with Crippen molar-refractivity contribution in [3.63, 3.8) is 0 Å². The number of carbonyl (C=O) groups is 5. The van der Waals surface area contributed by atoms with Gasteiger partial charge in [0, 0.05) is 24.9 Å². The van der Waals surface area contributed by atoms with E-state index in [1.165, 1.54) is 12.5 Å². The highest BCUT2D eigenvalue weighted by Gasteiger charge is 2.31. The molecule has 1 aromatic heterocycles. The molecule has 200 valence electrons. The number of imidazole rings is 1. The molecule has 4 atom stereocenters. The normalized spacial score (nSPS) is 13.9. The first kappa shape index (κ1) is 29.8. The fourth-order valence-corrected chi connectivity index (χ4v) is 2.90. The summed E-state index contributed by atoms with van der Waals surface area (Å²) in [7, 11) is 0. The lowest BCUT2D eigenvalue weighted by Gasteiger charge is -2.24. The van der Waals surface area contributed by atoms with Crippen LogP contribution < -0.4 is 38.9 Å². The van der Waals surface area contributed by atoms with E-state index in [0.29, 0.717) is 5.69 Å². The van der Waals surface area contributed by atoms with E-state index in [0.717, 1.165) is 0 Å². The average molecular weight is 513 g/mol. The number of carboxylic acids is 1. The Labute approximate surface area is 205 Å². The summed E-state index contributed by atoms with van der Waals surface area (Å²) >= 11 is 0. The van der Waals surface area contributed by atoms with Crippen LogP contribution in [0.15, 0.2) is 17.5 Å². The number of hydrogen-bond acceptors (Lipinski definition) is 9. The number of nitrogens with zero attached hydrogens (tertiary/aromatic N) is 2. The molecule has 1 heterocycles. The first-order valence-corrected chi connectivity index (χ1v) is 10.8. The molecule has 17 nitrogen and oxygen atoms in total. The zero-order chi connectivity index (χ0) is 27.3. The molecule has 0 aromatic carbocycles. The average Bonchev–Trinajstić information content (AvgIpc) is 3.31. The zero-order valence-electron chi connectivity index (χ0n) is 19.3. The molecule has 0 aliphatic heterocycles. The van der Waals surface area contributed by atoms with Crippen molar-refractivity contribution in [3.05, 3.63) is 18.2 Å². The number of aliphatic hydroxyl groups is 1. The van der Waals surface area contributed by atoms with Gasteiger partial charge in [0.15, 0.2) is 5.96 Å². The lowest BCUT2D eigenvalue weighted by atomic mass is 10.1. The van der Waals surface area contributed by atoms with Crippen LogP contribution in [0.5, 0.6) is 0 Å². The number of amides is 4. The second-order valence-electron chi connectivity index (χ2n) is 7.71. The first-order chi connectivity index (χ1) is 16.9. The smallest absolute Gasteiger partial charge is 0.326 e. The van der Waals surface area contributed by atoms with Crippen molar-refractivity contribution in [1.82, 2.24) is 25.9 Å². The Morgan fingerprint density at radius 2 is 1.61 bits per heavy atom. The van der Waals surface area contributed by atoms with Gasteiger partial charge in [-0.05, 0) is 12.8 Å². The van der Waals surface area contributed by atoms with E-state index >= 15 is 0 Å². The molecule has 0 aliphatic carbocycles. The van der Waals surface area contributed by atoms with Gasteiger partial charge >= 0.3 is 5.97 Å². The Balaban J connectivity index is 3.03. The van der Waals surface area contributed by atoms with Gasteiger partial charge in [-0.25, -0.2) is 9.78 Å². The van der Waals surface area contributed by atoms with Gasteiger partial charge in [-0.15, -0.1) is 0 Å². The van der Waals surface area contributed by atoms with Gasteiger partial charge in [-0.3, -0.25) is 24.2 Å². The topological polar surface area (TPSA) is 307 Å². The Kier molecular flexibility index (Phi) is 12.3. The number of H-pyrrole nitrogens is 1. The van der Waals surface area contributed by atoms with Crippen LogP contribution in [-0.2, 0) is 30.4 Å². The molecule has 4 amide bonds. The number of aromatic amines is 1. The van der Waals surface area contributed by atoms with E-state index in [1.54, 1.807) is 0 Å². The predicted molar refractivity (Wildman–Crippen MR) is 125 cm³/mol. The molecule has 1 rings (SSSR count). The lowest BCUT2D eigenvalue weighted by Crippen LogP contribution is -2.58. The van der Waals surface area contributed by atoms with Crippen LogP contribution in [0.4, 0.5) is 0 Å². The van der Waals surface area contributed by atoms with E-state index in [9.17, 15) is 29.1 Å². The number of aliphatic carboxylic acids is 1. The van der Waals surface area contributed by atoms with Gasteiger partial charge in [-0.2, -0.15) is 0 Å². The minimum atomic E-state index is -1.51. The van der Waals surface area contributed by atoms with Crippen LogP contribution in [-0.4, -0.2) is 93.1 Å². The Morgan fingerprint density at radius 1 is 1.00 bits per heavy atom. The maximum Gasteiger partial charge on any atom is 0.326 e. The number of guanidine groups is 1. The van der Waals surface area contributed by atoms with Crippen molar-refractivity contribution in [2.24, 2.45) is 27.9 Å². The van der Waals surface area contributed by atoms with E-state index in [2.05, 4.69) is 30.9 Å². The van der Waals surface area contributed by atoms with Crippen molar-refractivity contribution in [3.8, 4) is 0 Å². The minimum absolute atomic E-state index is 0.0119. The van der Waals surface area contributed by atoms with Crippen molar-refractivity contribution >= 4 is 35.6 Å². The first-order valence-electron chi connectivity index (χ1n) is 10.8. The second kappa shape index (κ2) is 14.9. The number of carbonyl (C=O) groups excluding carboxylic acids is 4. The summed E-state index contributed by atoms with van der Waals surface area (Å²) < 4.78 is 0. The molecule has 0 radical (unpaired) electrons. The van der Waals surface area contributed by atoms with E-state index in [-0.39, 0.29) is 31.8 Å². The summed E-state index contributed by atoms with van der Waals surface area (Å²) in [6, 6.07) is -5.54. The third-order valence-corrected chi connectivity index (χ3v) is 4.74. The molecular formula is C19H32N10O7. The number of nitrogens with one attached hydrogen (secondary N) is 4. The number of rotatable bonds is 16. The number of aromatic nitrogens is 2. The highest BCUT2D eigenvalue weighted by molar-refractivity contribution is 5.96. The number of carboxylic acid groups (broad SMARTS) is 1. The predicted octanol–water partition coefficient (Wildman–Crippen LogP) is -5.26. The lowest BCUT2D eigenvalue weighted by molar-refractivity contribution is -0.142. The van der Waals surface area contributed by atoms with Crippen molar-refractivity contribution in [2.75, 3.05) is 13.2 Å². The fourth-order valence-electron chi connectivity index (χ4n) is 2.90. The maximum absolute atomic E-state index is 13.0. The minimum Gasteiger partial charge on any atom is -0.480 e. The number of hydrogen-bond donors (Lipinski definition) is 10. The zero-order valence-corrected chi connectivity index (χ0v) is 19.3. The van der Waals surface area contributed by atoms with Crippen molar-refractivity contribution in [2.45, 2.75) is 49.9 Å². The summed E-state index contributed by atoms with van der Waals surface area (Å²) in [5, 5.41) is 25.4. The van der Waals surface area contributed by atoms with Gasteiger partial charge in [0.25, 0.3) is 0 Å². The number of aliphatic hydroxyl groups excluding tert-OH is 1. The quantitative estimate of drug-likeness (QED) is 0.0566. The monoisotopic (exact) mass is 512 g/mol. The largest absolute Gasteiger partial charge is 0.480 e. The molecule has 14 N–H and O–H groups in total. The summed E-state index contributed by atoms with van der Waals surface area (Å²) in [4.78, 5) is 71.2. The van der Waals surface area contributed by atoms with Crippen molar-refractivity contribution < 1.29 is 34.2 Å².